The highest BCUT2D eigenvalue weighted by atomic mass is 35.5. The third-order valence-corrected chi connectivity index (χ3v) is 4.42. The van der Waals surface area contributed by atoms with Gasteiger partial charge in [-0.05, 0) is 38.0 Å². The van der Waals surface area contributed by atoms with E-state index in [2.05, 4.69) is 20.6 Å². The fourth-order valence-corrected chi connectivity index (χ4v) is 3.17. The van der Waals surface area contributed by atoms with E-state index in [1.807, 2.05) is 0 Å². The van der Waals surface area contributed by atoms with Crippen LogP contribution in [0, 0.1) is 6.92 Å². The number of carbonyl (C=O) groups is 1. The molecule has 7 heteroatoms. The summed E-state index contributed by atoms with van der Waals surface area (Å²) in [5.74, 6) is 1.50. The van der Waals surface area contributed by atoms with Gasteiger partial charge in [0, 0.05) is 17.1 Å². The number of ether oxygens (including phenoxy) is 1. The van der Waals surface area contributed by atoms with Crippen LogP contribution in [0.2, 0.25) is 5.02 Å². The zero-order valence-electron chi connectivity index (χ0n) is 14.3. The van der Waals surface area contributed by atoms with Crippen molar-refractivity contribution < 1.29 is 9.53 Å². The maximum absolute atomic E-state index is 12.5. The van der Waals surface area contributed by atoms with Gasteiger partial charge in [0.2, 0.25) is 0 Å². The van der Waals surface area contributed by atoms with Crippen molar-refractivity contribution in [2.75, 3.05) is 12.4 Å². The van der Waals surface area contributed by atoms with Gasteiger partial charge in [-0.1, -0.05) is 24.4 Å². The minimum absolute atomic E-state index is 0.168. The molecule has 1 fully saturated rings. The van der Waals surface area contributed by atoms with Gasteiger partial charge in [0.15, 0.2) is 0 Å². The predicted octanol–water partition coefficient (Wildman–Crippen LogP) is 3.86. The smallest absolute Gasteiger partial charge is 0.270 e. The van der Waals surface area contributed by atoms with Crippen molar-refractivity contribution in [2.24, 2.45) is 0 Å². The molecule has 2 N–H and O–H groups in total. The number of hydrogen-bond donors (Lipinski definition) is 2. The largest absolute Gasteiger partial charge is 0.495 e. The van der Waals surface area contributed by atoms with E-state index in [4.69, 9.17) is 16.3 Å². The van der Waals surface area contributed by atoms with Crippen molar-refractivity contribution in [1.29, 1.82) is 0 Å². The molecule has 1 amide bonds. The number of aryl methyl sites for hydroxylation is 1. The number of halogens is 1. The highest BCUT2D eigenvalue weighted by Gasteiger charge is 2.19. The SMILES string of the molecule is COc1ccc(Cl)cc1Nc1cc(C(=O)NC2CCCC2)nc(C)n1. The summed E-state index contributed by atoms with van der Waals surface area (Å²) in [7, 11) is 1.58. The second kappa shape index (κ2) is 7.70. The second-order valence-corrected chi connectivity index (χ2v) is 6.55. The van der Waals surface area contributed by atoms with Gasteiger partial charge in [-0.15, -0.1) is 0 Å². The lowest BCUT2D eigenvalue weighted by molar-refractivity contribution is 0.0932. The predicted molar refractivity (Wildman–Crippen MR) is 97.8 cm³/mol. The minimum atomic E-state index is -0.168. The van der Waals surface area contributed by atoms with E-state index in [-0.39, 0.29) is 11.9 Å². The van der Waals surface area contributed by atoms with Gasteiger partial charge in [-0.3, -0.25) is 4.79 Å². The normalized spacial score (nSPS) is 14.4. The van der Waals surface area contributed by atoms with Crippen molar-refractivity contribution in [2.45, 2.75) is 38.6 Å². The third kappa shape index (κ3) is 4.39. The van der Waals surface area contributed by atoms with Gasteiger partial charge in [0.1, 0.15) is 23.1 Å². The first-order valence-corrected chi connectivity index (χ1v) is 8.70. The Balaban J connectivity index is 1.81. The molecule has 1 aliphatic carbocycles. The summed E-state index contributed by atoms with van der Waals surface area (Å²) in [4.78, 5) is 21.1. The van der Waals surface area contributed by atoms with Crippen LogP contribution in [-0.4, -0.2) is 29.0 Å². The molecule has 0 bridgehead atoms. The van der Waals surface area contributed by atoms with Gasteiger partial charge in [0.05, 0.1) is 12.8 Å². The lowest BCUT2D eigenvalue weighted by atomic mass is 10.2. The van der Waals surface area contributed by atoms with Gasteiger partial charge in [-0.25, -0.2) is 9.97 Å². The Bertz CT molecular complexity index is 776. The van der Waals surface area contributed by atoms with Crippen LogP contribution in [0.15, 0.2) is 24.3 Å². The topological polar surface area (TPSA) is 76.1 Å². The standard InChI is InChI=1S/C18H21ClN4O2/c1-11-20-15(18(24)22-13-5-3-4-6-13)10-17(21-11)23-14-9-12(19)7-8-16(14)25-2/h7-10,13H,3-6H2,1-2H3,(H,22,24)(H,20,21,23). The molecular weight excluding hydrogens is 340 g/mol. The minimum Gasteiger partial charge on any atom is -0.495 e. The fraction of sp³-hybridized carbons (Fsp3) is 0.389. The number of anilines is 2. The molecule has 1 heterocycles. The van der Waals surface area contributed by atoms with Crippen molar-refractivity contribution in [3.05, 3.63) is 40.8 Å². The number of carbonyl (C=O) groups excluding carboxylic acids is 1. The monoisotopic (exact) mass is 360 g/mol. The molecule has 25 heavy (non-hydrogen) atoms. The molecule has 0 aliphatic heterocycles. The van der Waals surface area contributed by atoms with E-state index in [1.165, 1.54) is 0 Å². The van der Waals surface area contributed by atoms with Crippen LogP contribution in [0.4, 0.5) is 11.5 Å². The Morgan fingerprint density at radius 3 is 2.72 bits per heavy atom. The summed E-state index contributed by atoms with van der Waals surface area (Å²) < 4.78 is 5.33. The number of benzene rings is 1. The average molecular weight is 361 g/mol. The highest BCUT2D eigenvalue weighted by molar-refractivity contribution is 6.31. The lowest BCUT2D eigenvalue weighted by Gasteiger charge is -2.14. The van der Waals surface area contributed by atoms with Crippen molar-refractivity contribution in [1.82, 2.24) is 15.3 Å². The van der Waals surface area contributed by atoms with Crippen LogP contribution in [0.5, 0.6) is 5.75 Å². The Morgan fingerprint density at radius 1 is 1.24 bits per heavy atom. The number of methoxy groups -OCH3 is 1. The summed E-state index contributed by atoms with van der Waals surface area (Å²) in [5.41, 5.74) is 1.03. The summed E-state index contributed by atoms with van der Waals surface area (Å²) in [6.07, 6.45) is 4.38. The third-order valence-electron chi connectivity index (χ3n) is 4.19. The zero-order chi connectivity index (χ0) is 17.8. The van der Waals surface area contributed by atoms with Crippen LogP contribution < -0.4 is 15.4 Å². The summed E-state index contributed by atoms with van der Waals surface area (Å²) >= 11 is 6.06. The van der Waals surface area contributed by atoms with Crippen LogP contribution in [-0.2, 0) is 0 Å². The maximum atomic E-state index is 12.5. The van der Waals surface area contributed by atoms with E-state index < -0.39 is 0 Å². The van der Waals surface area contributed by atoms with Gasteiger partial charge < -0.3 is 15.4 Å². The fourth-order valence-electron chi connectivity index (χ4n) is 2.99. The molecule has 6 nitrogen and oxygen atoms in total. The lowest BCUT2D eigenvalue weighted by Crippen LogP contribution is -2.33. The van der Waals surface area contributed by atoms with Gasteiger partial charge >= 0.3 is 0 Å². The molecule has 1 aromatic carbocycles. The van der Waals surface area contributed by atoms with Crippen LogP contribution in [0.1, 0.15) is 42.0 Å². The summed E-state index contributed by atoms with van der Waals surface area (Å²) in [6, 6.07) is 7.14. The van der Waals surface area contributed by atoms with Crippen molar-refractivity contribution in [3.63, 3.8) is 0 Å². The first-order chi connectivity index (χ1) is 12.0. The molecule has 0 spiro atoms. The number of amides is 1. The van der Waals surface area contributed by atoms with E-state index >= 15 is 0 Å². The number of aromatic nitrogens is 2. The van der Waals surface area contributed by atoms with Gasteiger partial charge in [-0.2, -0.15) is 0 Å². The van der Waals surface area contributed by atoms with Crippen molar-refractivity contribution in [3.8, 4) is 5.75 Å². The zero-order valence-corrected chi connectivity index (χ0v) is 15.1. The Labute approximate surface area is 152 Å². The molecular formula is C18H21ClN4O2. The molecule has 0 radical (unpaired) electrons. The summed E-state index contributed by atoms with van der Waals surface area (Å²) in [5, 5.41) is 6.77. The quantitative estimate of drug-likeness (QED) is 0.846. The maximum Gasteiger partial charge on any atom is 0.270 e. The molecule has 1 aromatic heterocycles. The number of hydrogen-bond acceptors (Lipinski definition) is 5. The molecule has 1 aliphatic rings. The van der Waals surface area contributed by atoms with Crippen molar-refractivity contribution >= 4 is 29.0 Å². The van der Waals surface area contributed by atoms with Crippen LogP contribution in [0.25, 0.3) is 0 Å². The molecule has 0 atom stereocenters. The molecule has 0 unspecified atom stereocenters. The van der Waals surface area contributed by atoms with E-state index in [0.29, 0.717) is 33.8 Å². The first kappa shape index (κ1) is 17.5. The molecule has 132 valence electrons. The molecule has 0 saturated heterocycles. The first-order valence-electron chi connectivity index (χ1n) is 8.32. The summed E-state index contributed by atoms with van der Waals surface area (Å²) in [6.45, 7) is 1.76. The van der Waals surface area contributed by atoms with Crippen LogP contribution in [0.3, 0.4) is 0 Å². The molecule has 1 saturated carbocycles. The highest BCUT2D eigenvalue weighted by Crippen LogP contribution is 2.30. The Kier molecular flexibility index (Phi) is 5.38. The average Bonchev–Trinajstić information content (AvgIpc) is 3.07. The Morgan fingerprint density at radius 2 is 2.00 bits per heavy atom. The number of rotatable bonds is 5. The van der Waals surface area contributed by atoms with E-state index in [0.717, 1.165) is 25.7 Å². The molecule has 3 rings (SSSR count). The van der Waals surface area contributed by atoms with Gasteiger partial charge in [0.25, 0.3) is 5.91 Å². The second-order valence-electron chi connectivity index (χ2n) is 6.11. The van der Waals surface area contributed by atoms with E-state index in [1.54, 1.807) is 38.3 Å². The number of nitrogens with zero attached hydrogens (tertiary/aromatic N) is 2. The van der Waals surface area contributed by atoms with E-state index in [9.17, 15) is 4.79 Å². The molecule has 2 aromatic rings. The number of nitrogens with one attached hydrogen (secondary N) is 2. The van der Waals surface area contributed by atoms with Crippen LogP contribution >= 0.6 is 11.6 Å². The Hall–Kier alpha value is -2.34.